The van der Waals surface area contributed by atoms with Gasteiger partial charge in [-0.15, -0.1) is 0 Å². The normalized spacial score (nSPS) is 18.5. The van der Waals surface area contributed by atoms with Crippen LogP contribution in [-0.4, -0.2) is 23.2 Å². The third-order valence-corrected chi connectivity index (χ3v) is 5.68. The highest BCUT2D eigenvalue weighted by atomic mass is 16.5. The summed E-state index contributed by atoms with van der Waals surface area (Å²) in [4.78, 5) is 12.8. The Morgan fingerprint density at radius 3 is 2.52 bits per heavy atom. The Labute approximate surface area is 160 Å². The number of carbonyl (C=O) groups is 1. The quantitative estimate of drug-likeness (QED) is 0.723. The number of fused-ring (bicyclic) bond motifs is 1. The van der Waals surface area contributed by atoms with Crippen molar-refractivity contribution in [3.8, 4) is 11.5 Å². The molecule has 144 valence electrons. The average Bonchev–Trinajstić information content (AvgIpc) is 2.66. The molecule has 1 unspecified atom stereocenters. The van der Waals surface area contributed by atoms with E-state index in [0.717, 1.165) is 45.7 Å². The molecule has 1 atom stereocenters. The molecule has 4 N–H and O–H groups in total. The highest BCUT2D eigenvalue weighted by Crippen LogP contribution is 2.43. The van der Waals surface area contributed by atoms with Crippen LogP contribution in [0.1, 0.15) is 41.2 Å². The van der Waals surface area contributed by atoms with Crippen molar-refractivity contribution in [2.45, 2.75) is 52.6 Å². The van der Waals surface area contributed by atoms with E-state index in [1.54, 1.807) is 0 Å². The minimum absolute atomic E-state index is 0.105. The van der Waals surface area contributed by atoms with Crippen molar-refractivity contribution in [3.63, 3.8) is 0 Å². The summed E-state index contributed by atoms with van der Waals surface area (Å²) in [6.45, 7) is 8.09. The molecule has 3 rings (SSSR count). The van der Waals surface area contributed by atoms with Crippen molar-refractivity contribution in [2.24, 2.45) is 0 Å². The lowest BCUT2D eigenvalue weighted by atomic mass is 9.86. The van der Waals surface area contributed by atoms with Gasteiger partial charge in [0, 0.05) is 24.2 Å². The second kappa shape index (κ2) is 7.14. The van der Waals surface area contributed by atoms with E-state index in [1.165, 1.54) is 0 Å². The molecule has 0 fully saturated rings. The molecule has 1 amide bonds. The third-order valence-electron chi connectivity index (χ3n) is 5.68. The fraction of sp³-hybridized carbons (Fsp3) is 0.409. The molecular formula is C22H28N2O3. The van der Waals surface area contributed by atoms with Crippen molar-refractivity contribution in [3.05, 3.63) is 52.1 Å². The summed E-state index contributed by atoms with van der Waals surface area (Å²) < 4.78 is 6.21. The number of aromatic hydroxyl groups is 1. The molecule has 1 heterocycles. The Kier molecular flexibility index (Phi) is 5.05. The number of nitrogens with two attached hydrogens (primary N) is 1. The maximum Gasteiger partial charge on any atom is 0.263 e. The van der Waals surface area contributed by atoms with Gasteiger partial charge in [-0.1, -0.05) is 12.1 Å². The SMILES string of the molecule is Cc1c(C)c2c(c(C)c1O)CCC(C)(C(=O)NCCc1ccc(N)cc1)O2. The monoisotopic (exact) mass is 368 g/mol. The Morgan fingerprint density at radius 2 is 1.85 bits per heavy atom. The zero-order valence-corrected chi connectivity index (χ0v) is 16.5. The molecule has 1 aliphatic heterocycles. The smallest absolute Gasteiger partial charge is 0.263 e. The summed E-state index contributed by atoms with van der Waals surface area (Å²) in [6.07, 6.45) is 2.03. The van der Waals surface area contributed by atoms with Crippen LogP contribution >= 0.6 is 0 Å². The lowest BCUT2D eigenvalue weighted by molar-refractivity contribution is -0.136. The summed E-state index contributed by atoms with van der Waals surface area (Å²) in [5, 5.41) is 13.3. The molecule has 2 aromatic rings. The van der Waals surface area contributed by atoms with Gasteiger partial charge < -0.3 is 20.9 Å². The van der Waals surface area contributed by atoms with E-state index in [-0.39, 0.29) is 5.91 Å². The Bertz CT molecular complexity index is 874. The highest BCUT2D eigenvalue weighted by Gasteiger charge is 2.40. The van der Waals surface area contributed by atoms with Crippen LogP contribution in [0.3, 0.4) is 0 Å². The second-order valence-corrected chi connectivity index (χ2v) is 7.61. The Hall–Kier alpha value is -2.69. The number of nitrogen functional groups attached to an aromatic ring is 1. The van der Waals surface area contributed by atoms with Gasteiger partial charge in [0.1, 0.15) is 11.5 Å². The minimum Gasteiger partial charge on any atom is -0.507 e. The Balaban J connectivity index is 1.70. The van der Waals surface area contributed by atoms with Crippen molar-refractivity contribution in [1.82, 2.24) is 5.32 Å². The number of hydrogen-bond acceptors (Lipinski definition) is 4. The van der Waals surface area contributed by atoms with Gasteiger partial charge in [0.05, 0.1) is 0 Å². The predicted octanol–water partition coefficient (Wildman–Crippen LogP) is 3.34. The molecule has 0 saturated heterocycles. The molecule has 0 aliphatic carbocycles. The summed E-state index contributed by atoms with van der Waals surface area (Å²) in [7, 11) is 0. The largest absolute Gasteiger partial charge is 0.507 e. The number of anilines is 1. The van der Waals surface area contributed by atoms with Crippen LogP contribution in [0.5, 0.6) is 11.5 Å². The van der Waals surface area contributed by atoms with E-state index in [9.17, 15) is 9.90 Å². The molecule has 27 heavy (non-hydrogen) atoms. The molecule has 0 aromatic heterocycles. The highest BCUT2D eigenvalue weighted by molar-refractivity contribution is 5.85. The average molecular weight is 368 g/mol. The van der Waals surface area contributed by atoms with Crippen LogP contribution in [0, 0.1) is 20.8 Å². The summed E-state index contributed by atoms with van der Waals surface area (Å²) in [5.41, 5.74) is 10.2. The van der Waals surface area contributed by atoms with Crippen molar-refractivity contribution >= 4 is 11.6 Å². The van der Waals surface area contributed by atoms with Gasteiger partial charge in [0.25, 0.3) is 5.91 Å². The predicted molar refractivity (Wildman–Crippen MR) is 107 cm³/mol. The summed E-state index contributed by atoms with van der Waals surface area (Å²) >= 11 is 0. The molecular weight excluding hydrogens is 340 g/mol. The van der Waals surface area contributed by atoms with Gasteiger partial charge in [-0.3, -0.25) is 4.79 Å². The number of rotatable bonds is 4. The molecule has 0 saturated carbocycles. The topological polar surface area (TPSA) is 84.6 Å². The molecule has 5 nitrogen and oxygen atoms in total. The van der Waals surface area contributed by atoms with E-state index in [0.29, 0.717) is 25.1 Å². The van der Waals surface area contributed by atoms with E-state index in [2.05, 4.69) is 5.32 Å². The molecule has 5 heteroatoms. The zero-order valence-electron chi connectivity index (χ0n) is 16.5. The summed E-state index contributed by atoms with van der Waals surface area (Å²) in [5.74, 6) is 0.961. The van der Waals surface area contributed by atoms with Gasteiger partial charge in [-0.2, -0.15) is 0 Å². The van der Waals surface area contributed by atoms with Gasteiger partial charge >= 0.3 is 0 Å². The Morgan fingerprint density at radius 1 is 1.19 bits per heavy atom. The lowest BCUT2D eigenvalue weighted by Crippen LogP contribution is -2.51. The number of phenols is 1. The molecule has 2 aromatic carbocycles. The maximum atomic E-state index is 12.8. The first-order valence-electron chi connectivity index (χ1n) is 9.36. The van der Waals surface area contributed by atoms with Crippen molar-refractivity contribution in [1.29, 1.82) is 0 Å². The number of ether oxygens (including phenoxy) is 1. The third kappa shape index (κ3) is 3.59. The van der Waals surface area contributed by atoms with Gasteiger partial charge in [-0.05, 0) is 74.9 Å². The first-order valence-corrected chi connectivity index (χ1v) is 9.36. The van der Waals surface area contributed by atoms with E-state index in [1.807, 2.05) is 52.0 Å². The molecule has 1 aliphatic rings. The van der Waals surface area contributed by atoms with E-state index >= 15 is 0 Å². The van der Waals surface area contributed by atoms with Gasteiger partial charge in [0.2, 0.25) is 0 Å². The van der Waals surface area contributed by atoms with Crippen LogP contribution < -0.4 is 15.8 Å². The van der Waals surface area contributed by atoms with E-state index < -0.39 is 5.60 Å². The molecule has 0 radical (unpaired) electrons. The summed E-state index contributed by atoms with van der Waals surface area (Å²) in [6, 6.07) is 7.67. The van der Waals surface area contributed by atoms with Crippen LogP contribution in [0.15, 0.2) is 24.3 Å². The number of benzene rings is 2. The van der Waals surface area contributed by atoms with Crippen LogP contribution in [0.2, 0.25) is 0 Å². The first-order chi connectivity index (χ1) is 12.7. The standard InChI is InChI=1S/C22H28N2O3/c1-13-14(2)20-18(15(3)19(13)25)9-11-22(4,27-20)21(26)24-12-10-16-5-7-17(23)8-6-16/h5-8,25H,9-12,23H2,1-4H3,(H,24,26). The molecule has 0 spiro atoms. The fourth-order valence-electron chi connectivity index (χ4n) is 3.60. The first kappa shape index (κ1) is 19.1. The minimum atomic E-state index is -0.908. The number of phenolic OH excluding ortho intramolecular Hbond substituents is 1. The van der Waals surface area contributed by atoms with Crippen LogP contribution in [-0.2, 0) is 17.6 Å². The van der Waals surface area contributed by atoms with Crippen molar-refractivity contribution < 1.29 is 14.6 Å². The zero-order chi connectivity index (χ0) is 19.8. The number of carbonyl (C=O) groups excluding carboxylic acids is 1. The number of nitrogens with one attached hydrogen (secondary N) is 1. The maximum absolute atomic E-state index is 12.8. The number of amides is 1. The van der Waals surface area contributed by atoms with Gasteiger partial charge in [-0.25, -0.2) is 0 Å². The van der Waals surface area contributed by atoms with E-state index in [4.69, 9.17) is 10.5 Å². The fourth-order valence-corrected chi connectivity index (χ4v) is 3.60. The number of hydrogen-bond donors (Lipinski definition) is 3. The molecule has 0 bridgehead atoms. The second-order valence-electron chi connectivity index (χ2n) is 7.61. The lowest BCUT2D eigenvalue weighted by Gasteiger charge is -2.36. The van der Waals surface area contributed by atoms with Crippen molar-refractivity contribution in [2.75, 3.05) is 12.3 Å². The van der Waals surface area contributed by atoms with Crippen LogP contribution in [0.4, 0.5) is 5.69 Å². The van der Waals surface area contributed by atoms with Gasteiger partial charge in [0.15, 0.2) is 5.60 Å². The van der Waals surface area contributed by atoms with Crippen LogP contribution in [0.25, 0.3) is 0 Å².